The SMILES string of the molecule is O=C1CCN(c2cnc(-c3ccc4c(c3)CN(Cc3ccc(OCc5c(F)cccc5Cl)cc3)C4)[nH]2)C(=O)N1. The topological polar surface area (TPSA) is 90.6 Å². The van der Waals surface area contributed by atoms with E-state index in [1.165, 1.54) is 22.1 Å². The van der Waals surface area contributed by atoms with Gasteiger partial charge in [-0.15, -0.1) is 0 Å². The van der Waals surface area contributed by atoms with Crippen LogP contribution in [0.1, 0.15) is 28.7 Å². The fraction of sp³-hybridized carbons (Fsp3) is 0.207. The highest BCUT2D eigenvalue weighted by Crippen LogP contribution is 2.30. The lowest BCUT2D eigenvalue weighted by atomic mass is 10.1. The Morgan fingerprint density at radius 3 is 2.64 bits per heavy atom. The molecule has 3 aromatic carbocycles. The van der Waals surface area contributed by atoms with Gasteiger partial charge in [0, 0.05) is 43.7 Å². The first-order chi connectivity index (χ1) is 18.9. The number of H-pyrrole nitrogens is 1. The number of hydrogen-bond donors (Lipinski definition) is 2. The highest BCUT2D eigenvalue weighted by Gasteiger charge is 2.26. The Balaban J connectivity index is 1.07. The predicted octanol–water partition coefficient (Wildman–Crippen LogP) is 5.41. The molecule has 6 rings (SSSR count). The van der Waals surface area contributed by atoms with E-state index in [1.807, 2.05) is 30.3 Å². The summed E-state index contributed by atoms with van der Waals surface area (Å²) in [6.45, 7) is 2.80. The third kappa shape index (κ3) is 5.36. The molecule has 2 aliphatic rings. The van der Waals surface area contributed by atoms with Crippen LogP contribution in [0.5, 0.6) is 5.75 Å². The van der Waals surface area contributed by atoms with Crippen molar-refractivity contribution in [2.75, 3.05) is 11.4 Å². The molecule has 3 amide bonds. The molecule has 0 aliphatic carbocycles. The second-order valence-electron chi connectivity index (χ2n) is 9.63. The molecule has 0 bridgehead atoms. The van der Waals surface area contributed by atoms with Gasteiger partial charge in [-0.1, -0.05) is 41.9 Å². The number of carbonyl (C=O) groups is 2. The number of hydrogen-bond acceptors (Lipinski definition) is 5. The summed E-state index contributed by atoms with van der Waals surface area (Å²) in [7, 11) is 0. The van der Waals surface area contributed by atoms with Crippen LogP contribution >= 0.6 is 11.6 Å². The maximum absolute atomic E-state index is 14.0. The summed E-state index contributed by atoms with van der Waals surface area (Å²) < 4.78 is 19.7. The average Bonchev–Trinajstić information content (AvgIpc) is 3.56. The van der Waals surface area contributed by atoms with Gasteiger partial charge in [0.25, 0.3) is 0 Å². The number of imide groups is 1. The van der Waals surface area contributed by atoms with Gasteiger partial charge in [-0.3, -0.25) is 19.9 Å². The summed E-state index contributed by atoms with van der Waals surface area (Å²) >= 11 is 6.08. The van der Waals surface area contributed by atoms with Crippen molar-refractivity contribution < 1.29 is 18.7 Å². The predicted molar refractivity (Wildman–Crippen MR) is 145 cm³/mol. The number of aromatic amines is 1. The molecule has 10 heteroatoms. The molecule has 0 unspecified atom stereocenters. The lowest BCUT2D eigenvalue weighted by molar-refractivity contribution is -0.120. The Morgan fingerprint density at radius 1 is 1.03 bits per heavy atom. The number of anilines is 1. The second kappa shape index (κ2) is 10.5. The summed E-state index contributed by atoms with van der Waals surface area (Å²) in [4.78, 5) is 35.1. The van der Waals surface area contributed by atoms with Gasteiger partial charge in [0.15, 0.2) is 0 Å². The van der Waals surface area contributed by atoms with Crippen LogP contribution in [-0.4, -0.2) is 33.4 Å². The maximum atomic E-state index is 14.0. The number of aromatic nitrogens is 2. The van der Waals surface area contributed by atoms with Crippen molar-refractivity contribution in [1.82, 2.24) is 20.2 Å². The number of halogens is 2. The number of rotatable bonds is 7. The molecular weight excluding hydrogens is 521 g/mol. The van der Waals surface area contributed by atoms with Gasteiger partial charge < -0.3 is 9.72 Å². The van der Waals surface area contributed by atoms with E-state index in [9.17, 15) is 14.0 Å². The number of urea groups is 1. The minimum absolute atomic E-state index is 0.0662. The van der Waals surface area contributed by atoms with Crippen LogP contribution < -0.4 is 15.0 Å². The van der Waals surface area contributed by atoms with Gasteiger partial charge in [0.2, 0.25) is 5.91 Å². The molecule has 1 saturated heterocycles. The third-order valence-corrected chi connectivity index (χ3v) is 7.30. The maximum Gasteiger partial charge on any atom is 0.329 e. The molecule has 2 N–H and O–H groups in total. The van der Waals surface area contributed by atoms with E-state index >= 15 is 0 Å². The zero-order valence-electron chi connectivity index (χ0n) is 20.9. The first-order valence-corrected chi connectivity index (χ1v) is 13.0. The van der Waals surface area contributed by atoms with E-state index in [4.69, 9.17) is 16.3 Å². The number of imidazole rings is 1. The monoisotopic (exact) mass is 545 g/mol. The fourth-order valence-electron chi connectivity index (χ4n) is 4.89. The van der Waals surface area contributed by atoms with Crippen molar-refractivity contribution in [1.29, 1.82) is 0 Å². The third-order valence-electron chi connectivity index (χ3n) is 6.95. The van der Waals surface area contributed by atoms with E-state index in [-0.39, 0.29) is 24.8 Å². The molecule has 198 valence electrons. The first kappa shape index (κ1) is 25.1. The largest absolute Gasteiger partial charge is 0.489 e. The number of amides is 3. The summed E-state index contributed by atoms with van der Waals surface area (Å²) in [5.74, 6) is 1.23. The van der Waals surface area contributed by atoms with Gasteiger partial charge in [0.1, 0.15) is 29.8 Å². The van der Waals surface area contributed by atoms with E-state index < -0.39 is 6.03 Å². The average molecular weight is 546 g/mol. The normalized spacial score (nSPS) is 15.4. The number of carbonyl (C=O) groups excluding carboxylic acids is 2. The van der Waals surface area contributed by atoms with Crippen LogP contribution in [0.4, 0.5) is 15.0 Å². The second-order valence-corrected chi connectivity index (χ2v) is 10.0. The van der Waals surface area contributed by atoms with Crippen molar-refractivity contribution in [3.63, 3.8) is 0 Å². The molecule has 0 spiro atoms. The van der Waals surface area contributed by atoms with E-state index in [0.717, 1.165) is 30.8 Å². The Morgan fingerprint density at radius 2 is 1.85 bits per heavy atom. The zero-order chi connectivity index (χ0) is 26.9. The van der Waals surface area contributed by atoms with Crippen molar-refractivity contribution in [2.45, 2.75) is 32.7 Å². The number of nitrogens with one attached hydrogen (secondary N) is 2. The first-order valence-electron chi connectivity index (χ1n) is 12.6. The van der Waals surface area contributed by atoms with Gasteiger partial charge in [-0.2, -0.15) is 0 Å². The molecule has 4 aromatic rings. The van der Waals surface area contributed by atoms with Gasteiger partial charge in [-0.05, 0) is 47.0 Å². The highest BCUT2D eigenvalue weighted by molar-refractivity contribution is 6.31. The van der Waals surface area contributed by atoms with E-state index in [0.29, 0.717) is 34.5 Å². The number of fused-ring (bicyclic) bond motifs is 1. The molecule has 8 nitrogen and oxygen atoms in total. The van der Waals surface area contributed by atoms with Gasteiger partial charge >= 0.3 is 6.03 Å². The number of benzene rings is 3. The molecule has 0 radical (unpaired) electrons. The molecule has 1 aromatic heterocycles. The molecule has 2 aliphatic heterocycles. The van der Waals surface area contributed by atoms with Crippen molar-refractivity contribution in [3.05, 3.63) is 100.0 Å². The minimum Gasteiger partial charge on any atom is -0.489 e. The van der Waals surface area contributed by atoms with Crippen molar-refractivity contribution in [3.8, 4) is 17.1 Å². The fourth-order valence-corrected chi connectivity index (χ4v) is 5.11. The van der Waals surface area contributed by atoms with Crippen LogP contribution in [-0.2, 0) is 31.0 Å². The molecule has 1 fully saturated rings. The molecule has 3 heterocycles. The molecule has 0 saturated carbocycles. The Bertz CT molecular complexity index is 1530. The van der Waals surface area contributed by atoms with Crippen LogP contribution in [0.25, 0.3) is 11.4 Å². The Hall–Kier alpha value is -4.21. The molecule has 39 heavy (non-hydrogen) atoms. The zero-order valence-corrected chi connectivity index (χ0v) is 21.7. The Kier molecular flexibility index (Phi) is 6.76. The van der Waals surface area contributed by atoms with Crippen LogP contribution in [0.3, 0.4) is 0 Å². The van der Waals surface area contributed by atoms with Gasteiger partial charge in [0.05, 0.1) is 11.2 Å². The summed E-state index contributed by atoms with van der Waals surface area (Å²) in [5, 5.41) is 2.67. The summed E-state index contributed by atoms with van der Waals surface area (Å²) in [5.41, 5.74) is 4.92. The summed E-state index contributed by atoms with van der Waals surface area (Å²) in [6, 6.07) is 18.2. The van der Waals surface area contributed by atoms with E-state index in [2.05, 4.69) is 32.3 Å². The number of nitrogens with zero attached hydrogens (tertiary/aromatic N) is 3. The van der Waals surface area contributed by atoms with Gasteiger partial charge in [-0.25, -0.2) is 14.2 Å². The molecular formula is C29H25ClFN5O3. The highest BCUT2D eigenvalue weighted by atomic mass is 35.5. The van der Waals surface area contributed by atoms with E-state index in [1.54, 1.807) is 18.3 Å². The Labute approximate surface area is 229 Å². The smallest absolute Gasteiger partial charge is 0.329 e. The van der Waals surface area contributed by atoms with Crippen molar-refractivity contribution >= 4 is 29.4 Å². The molecule has 0 atom stereocenters. The van der Waals surface area contributed by atoms with Crippen molar-refractivity contribution in [2.24, 2.45) is 0 Å². The standard InChI is InChI=1S/C29H25ClFN5O3/c30-24-2-1-3-25(31)23(24)17-39-22-8-4-18(5-9-22)14-35-15-20-7-6-19(12-21(20)16-35)28-32-13-26(33-28)36-11-10-27(37)34-29(36)38/h1-9,12-13H,10-11,14-17H2,(H,32,33)(H,34,37,38). The summed E-state index contributed by atoms with van der Waals surface area (Å²) in [6.07, 6.45) is 1.87. The number of ether oxygens (including phenoxy) is 1. The minimum atomic E-state index is -0.444. The van der Waals surface area contributed by atoms with Crippen LogP contribution in [0.15, 0.2) is 66.9 Å². The van der Waals surface area contributed by atoms with Crippen LogP contribution in [0, 0.1) is 5.82 Å². The quantitative estimate of drug-likeness (QED) is 0.324. The lowest BCUT2D eigenvalue weighted by Gasteiger charge is -2.24. The van der Waals surface area contributed by atoms with Crippen LogP contribution in [0.2, 0.25) is 5.02 Å². The lowest BCUT2D eigenvalue weighted by Crippen LogP contribution is -2.49.